The number of morpholine rings is 1. The van der Waals surface area contributed by atoms with E-state index in [1.165, 1.54) is 0 Å². The predicted octanol–water partition coefficient (Wildman–Crippen LogP) is 4.37. The topological polar surface area (TPSA) is 77.0 Å². The van der Waals surface area contributed by atoms with Crippen molar-refractivity contribution in [3.05, 3.63) is 52.7 Å². The van der Waals surface area contributed by atoms with Crippen LogP contribution in [-0.2, 0) is 29.2 Å². The number of carbonyl (C=O) groups is 1. The van der Waals surface area contributed by atoms with Gasteiger partial charge in [-0.1, -0.05) is 30.3 Å². The van der Waals surface area contributed by atoms with Crippen LogP contribution in [0.5, 0.6) is 5.88 Å². The van der Waals surface area contributed by atoms with Crippen LogP contribution in [0.2, 0.25) is 0 Å². The molecule has 0 radical (unpaired) electrons. The van der Waals surface area contributed by atoms with E-state index in [-0.39, 0.29) is 18.8 Å². The Morgan fingerprint density at radius 3 is 2.66 bits per heavy atom. The molecule has 3 aromatic rings. The maximum Gasteiger partial charge on any atom is 0.410 e. The highest BCUT2D eigenvalue weighted by Gasteiger charge is 2.32. The fourth-order valence-electron chi connectivity index (χ4n) is 5.38. The summed E-state index contributed by atoms with van der Waals surface area (Å²) in [6.07, 6.45) is 5.79. The van der Waals surface area contributed by atoms with Crippen LogP contribution >= 0.6 is 11.3 Å². The monoisotopic (exact) mass is 494 g/mol. The fourth-order valence-corrected chi connectivity index (χ4v) is 6.54. The van der Waals surface area contributed by atoms with Crippen LogP contribution in [0.25, 0.3) is 10.2 Å². The Labute approximate surface area is 208 Å². The van der Waals surface area contributed by atoms with Gasteiger partial charge in [0.2, 0.25) is 5.88 Å². The maximum atomic E-state index is 12.7. The summed E-state index contributed by atoms with van der Waals surface area (Å²) in [6.45, 7) is 5.06. The molecule has 0 bridgehead atoms. The first-order valence-corrected chi connectivity index (χ1v) is 13.3. The molecule has 2 aliphatic heterocycles. The molecule has 8 nitrogen and oxygen atoms in total. The average Bonchev–Trinajstić information content (AvgIpc) is 3.47. The highest BCUT2D eigenvalue weighted by molar-refractivity contribution is 7.18. The number of rotatable bonds is 5. The molecule has 6 rings (SSSR count). The molecular weight excluding hydrogens is 464 g/mol. The SMILES string of the molecule is O=C(OCc1ccccc1)N1Cc2sc3ncnc(OC4CCC(N5CCOCC5)CC4)c3c2C1. The smallest absolute Gasteiger partial charge is 0.410 e. The lowest BCUT2D eigenvalue weighted by Crippen LogP contribution is -2.46. The lowest BCUT2D eigenvalue weighted by atomic mass is 9.91. The molecule has 9 heteroatoms. The molecule has 4 heterocycles. The molecule has 1 amide bonds. The van der Waals surface area contributed by atoms with Crippen molar-refractivity contribution in [2.24, 2.45) is 0 Å². The van der Waals surface area contributed by atoms with Crippen molar-refractivity contribution in [1.29, 1.82) is 0 Å². The minimum absolute atomic E-state index is 0.161. The van der Waals surface area contributed by atoms with E-state index in [9.17, 15) is 4.79 Å². The number of hydrogen-bond acceptors (Lipinski definition) is 8. The first-order valence-electron chi connectivity index (χ1n) is 12.4. The molecule has 1 aliphatic carbocycles. The second kappa shape index (κ2) is 10.1. The van der Waals surface area contributed by atoms with Gasteiger partial charge in [-0.15, -0.1) is 11.3 Å². The van der Waals surface area contributed by atoms with Gasteiger partial charge in [0.1, 0.15) is 23.9 Å². The second-order valence-electron chi connectivity index (χ2n) is 9.46. The molecule has 35 heavy (non-hydrogen) atoms. The van der Waals surface area contributed by atoms with Gasteiger partial charge in [0.25, 0.3) is 0 Å². The lowest BCUT2D eigenvalue weighted by Gasteiger charge is -2.38. The Morgan fingerprint density at radius 2 is 1.86 bits per heavy atom. The molecule has 1 aromatic carbocycles. The van der Waals surface area contributed by atoms with Crippen LogP contribution in [0.3, 0.4) is 0 Å². The molecule has 184 valence electrons. The number of hydrogen-bond donors (Lipinski definition) is 0. The van der Waals surface area contributed by atoms with Gasteiger partial charge in [-0.05, 0) is 31.2 Å². The Bertz CT molecular complexity index is 1170. The lowest BCUT2D eigenvalue weighted by molar-refractivity contribution is -0.00126. The summed E-state index contributed by atoms with van der Waals surface area (Å²) in [5, 5.41) is 0.959. The van der Waals surface area contributed by atoms with Crippen LogP contribution < -0.4 is 4.74 Å². The van der Waals surface area contributed by atoms with Gasteiger partial charge in [-0.2, -0.15) is 0 Å². The average molecular weight is 495 g/mol. The van der Waals surface area contributed by atoms with E-state index in [0.29, 0.717) is 25.0 Å². The van der Waals surface area contributed by atoms with E-state index in [1.807, 2.05) is 30.3 Å². The van der Waals surface area contributed by atoms with Crippen molar-refractivity contribution >= 4 is 27.6 Å². The van der Waals surface area contributed by atoms with Crippen LogP contribution in [0.15, 0.2) is 36.7 Å². The van der Waals surface area contributed by atoms with E-state index >= 15 is 0 Å². The third-order valence-corrected chi connectivity index (χ3v) is 8.39. The number of amides is 1. The maximum absolute atomic E-state index is 12.7. The number of aromatic nitrogens is 2. The number of ether oxygens (including phenoxy) is 3. The molecule has 2 aromatic heterocycles. The van der Waals surface area contributed by atoms with Crippen molar-refractivity contribution in [3.63, 3.8) is 0 Å². The van der Waals surface area contributed by atoms with Crippen molar-refractivity contribution in [1.82, 2.24) is 19.8 Å². The van der Waals surface area contributed by atoms with Gasteiger partial charge in [0.15, 0.2) is 0 Å². The summed E-state index contributed by atoms with van der Waals surface area (Å²) < 4.78 is 17.5. The summed E-state index contributed by atoms with van der Waals surface area (Å²) in [7, 11) is 0. The zero-order valence-electron chi connectivity index (χ0n) is 19.7. The molecular formula is C26H30N4O4S. The zero-order valence-corrected chi connectivity index (χ0v) is 20.5. The normalized spacial score (nSPS) is 22.8. The highest BCUT2D eigenvalue weighted by atomic mass is 32.1. The fraction of sp³-hybridized carbons (Fsp3) is 0.500. The number of nitrogens with zero attached hydrogens (tertiary/aromatic N) is 4. The Balaban J connectivity index is 1.10. The third kappa shape index (κ3) is 4.85. The van der Waals surface area contributed by atoms with Crippen molar-refractivity contribution < 1.29 is 19.0 Å². The Kier molecular flexibility index (Phi) is 6.54. The summed E-state index contributed by atoms with van der Waals surface area (Å²) in [6, 6.07) is 10.4. The van der Waals surface area contributed by atoms with Crippen LogP contribution in [-0.4, -0.2) is 64.3 Å². The molecule has 0 spiro atoms. The van der Waals surface area contributed by atoms with E-state index in [2.05, 4.69) is 14.9 Å². The van der Waals surface area contributed by atoms with Gasteiger partial charge in [-0.3, -0.25) is 9.80 Å². The standard InChI is InChI=1S/C26H30N4O4S/c31-26(33-16-18-4-2-1-3-5-18)30-14-21-22(15-30)35-25-23(21)24(27-17-28-25)34-20-8-6-19(7-9-20)29-10-12-32-13-11-29/h1-5,17,19-20H,6-16H2. The summed E-state index contributed by atoms with van der Waals surface area (Å²) >= 11 is 1.62. The van der Waals surface area contributed by atoms with E-state index < -0.39 is 0 Å². The van der Waals surface area contributed by atoms with E-state index in [1.54, 1.807) is 22.6 Å². The van der Waals surface area contributed by atoms with Crippen molar-refractivity contribution in [3.8, 4) is 5.88 Å². The third-order valence-electron chi connectivity index (χ3n) is 7.27. The van der Waals surface area contributed by atoms with Gasteiger partial charge in [0, 0.05) is 29.6 Å². The number of carbonyl (C=O) groups excluding carboxylic acids is 1. The van der Waals surface area contributed by atoms with Gasteiger partial charge < -0.3 is 14.2 Å². The van der Waals surface area contributed by atoms with Gasteiger partial charge in [-0.25, -0.2) is 14.8 Å². The summed E-state index contributed by atoms with van der Waals surface area (Å²) in [5.74, 6) is 0.654. The minimum Gasteiger partial charge on any atom is -0.474 e. The van der Waals surface area contributed by atoms with Crippen LogP contribution in [0, 0.1) is 0 Å². The first kappa shape index (κ1) is 22.7. The van der Waals surface area contributed by atoms with Crippen molar-refractivity contribution in [2.75, 3.05) is 26.3 Å². The van der Waals surface area contributed by atoms with Crippen LogP contribution in [0.1, 0.15) is 41.7 Å². The van der Waals surface area contributed by atoms with E-state index in [4.69, 9.17) is 14.2 Å². The van der Waals surface area contributed by atoms with Gasteiger partial charge >= 0.3 is 6.09 Å². The summed E-state index contributed by atoms with van der Waals surface area (Å²) in [4.78, 5) is 28.1. The molecule has 0 N–H and O–H groups in total. The van der Waals surface area contributed by atoms with Crippen molar-refractivity contribution in [2.45, 2.75) is 57.5 Å². The second-order valence-corrected chi connectivity index (χ2v) is 10.5. The Hall–Kier alpha value is -2.75. The molecule has 2 fully saturated rings. The molecule has 0 unspecified atom stereocenters. The van der Waals surface area contributed by atoms with Crippen LogP contribution in [0.4, 0.5) is 4.79 Å². The van der Waals surface area contributed by atoms with Gasteiger partial charge in [0.05, 0.1) is 31.7 Å². The molecule has 1 saturated carbocycles. The summed E-state index contributed by atoms with van der Waals surface area (Å²) in [5.41, 5.74) is 2.08. The largest absolute Gasteiger partial charge is 0.474 e. The molecule has 1 saturated heterocycles. The Morgan fingerprint density at radius 1 is 1.06 bits per heavy atom. The number of thiophene rings is 1. The number of benzene rings is 1. The molecule has 0 atom stereocenters. The quantitative estimate of drug-likeness (QED) is 0.521. The zero-order chi connectivity index (χ0) is 23.6. The molecule has 3 aliphatic rings. The minimum atomic E-state index is -0.300. The first-order chi connectivity index (χ1) is 17.2. The highest BCUT2D eigenvalue weighted by Crippen LogP contribution is 2.41. The van der Waals surface area contributed by atoms with E-state index in [0.717, 1.165) is 78.2 Å². The predicted molar refractivity (Wildman–Crippen MR) is 132 cm³/mol. The number of fused-ring (bicyclic) bond motifs is 3.